The highest BCUT2D eigenvalue weighted by molar-refractivity contribution is 6.36. The molecule has 0 radical (unpaired) electrons. The lowest BCUT2D eigenvalue weighted by atomic mass is 10.00. The van der Waals surface area contributed by atoms with Gasteiger partial charge in [-0.2, -0.15) is 0 Å². The van der Waals surface area contributed by atoms with Crippen LogP contribution in [0.25, 0.3) is 11.1 Å². The van der Waals surface area contributed by atoms with Gasteiger partial charge in [0.15, 0.2) is 0 Å². The van der Waals surface area contributed by atoms with Crippen molar-refractivity contribution in [1.29, 1.82) is 0 Å². The van der Waals surface area contributed by atoms with E-state index in [2.05, 4.69) is 6.92 Å². The summed E-state index contributed by atoms with van der Waals surface area (Å²) in [4.78, 5) is 0. The van der Waals surface area contributed by atoms with Crippen LogP contribution in [-0.4, -0.2) is 6.10 Å². The van der Waals surface area contributed by atoms with Crippen LogP contribution in [0.2, 0.25) is 10.0 Å². The molecule has 1 aliphatic heterocycles. The van der Waals surface area contributed by atoms with Crippen LogP contribution in [0.4, 0.5) is 0 Å². The third-order valence-corrected chi connectivity index (χ3v) is 4.16. The standard InChI is InChI=1S/C16H14Cl2O/c1-2-11-9-10-7-8-14(18)15(16(10)19-11)12-5-3-4-6-13(12)17/h3-8,11H,2,9H2,1H3. The lowest BCUT2D eigenvalue weighted by molar-refractivity contribution is 0.229. The lowest BCUT2D eigenvalue weighted by Gasteiger charge is -2.13. The van der Waals surface area contributed by atoms with Gasteiger partial charge in [-0.3, -0.25) is 0 Å². The fourth-order valence-corrected chi connectivity index (χ4v) is 2.97. The van der Waals surface area contributed by atoms with E-state index in [1.165, 1.54) is 5.56 Å². The highest BCUT2D eigenvalue weighted by Gasteiger charge is 2.26. The molecule has 3 heteroatoms. The second-order valence-electron chi connectivity index (χ2n) is 4.74. The molecule has 1 unspecified atom stereocenters. The van der Waals surface area contributed by atoms with Crippen LogP contribution < -0.4 is 4.74 Å². The maximum atomic E-state index is 6.37. The first kappa shape index (κ1) is 12.8. The van der Waals surface area contributed by atoms with Gasteiger partial charge in [0, 0.05) is 22.6 Å². The van der Waals surface area contributed by atoms with Crippen molar-refractivity contribution < 1.29 is 4.74 Å². The highest BCUT2D eigenvalue weighted by Crippen LogP contribution is 2.45. The Morgan fingerprint density at radius 2 is 1.89 bits per heavy atom. The molecule has 19 heavy (non-hydrogen) atoms. The van der Waals surface area contributed by atoms with Crippen LogP contribution in [0.3, 0.4) is 0 Å². The summed E-state index contributed by atoms with van der Waals surface area (Å²) in [6.45, 7) is 2.13. The second-order valence-corrected chi connectivity index (χ2v) is 5.56. The summed E-state index contributed by atoms with van der Waals surface area (Å²) in [6, 6.07) is 11.7. The topological polar surface area (TPSA) is 9.23 Å². The minimum absolute atomic E-state index is 0.245. The monoisotopic (exact) mass is 292 g/mol. The maximum absolute atomic E-state index is 6.37. The molecule has 0 N–H and O–H groups in total. The smallest absolute Gasteiger partial charge is 0.132 e. The molecule has 0 fully saturated rings. The average molecular weight is 293 g/mol. The number of rotatable bonds is 2. The van der Waals surface area contributed by atoms with Crippen molar-refractivity contribution in [2.24, 2.45) is 0 Å². The zero-order valence-electron chi connectivity index (χ0n) is 10.6. The predicted octanol–water partition coefficient (Wildman–Crippen LogP) is 5.37. The molecule has 0 bridgehead atoms. The Morgan fingerprint density at radius 1 is 1.11 bits per heavy atom. The number of fused-ring (bicyclic) bond motifs is 1. The van der Waals surface area contributed by atoms with E-state index in [4.69, 9.17) is 27.9 Å². The Labute approximate surface area is 123 Å². The highest BCUT2D eigenvalue weighted by atomic mass is 35.5. The van der Waals surface area contributed by atoms with Gasteiger partial charge < -0.3 is 4.74 Å². The maximum Gasteiger partial charge on any atom is 0.132 e. The first-order chi connectivity index (χ1) is 9.20. The SMILES string of the molecule is CCC1Cc2ccc(Cl)c(-c3ccccc3Cl)c2O1. The Bertz CT molecular complexity index is 622. The number of benzene rings is 2. The summed E-state index contributed by atoms with van der Waals surface area (Å²) in [6.07, 6.45) is 2.18. The van der Waals surface area contributed by atoms with Gasteiger partial charge in [-0.1, -0.05) is 54.4 Å². The van der Waals surface area contributed by atoms with Crippen LogP contribution in [0.5, 0.6) is 5.75 Å². The molecule has 2 aromatic rings. The summed E-state index contributed by atoms with van der Waals surface area (Å²) in [7, 11) is 0. The van der Waals surface area contributed by atoms with Crippen LogP contribution in [0.15, 0.2) is 36.4 Å². The second kappa shape index (κ2) is 5.07. The molecule has 0 saturated carbocycles. The van der Waals surface area contributed by atoms with Gasteiger partial charge >= 0.3 is 0 Å². The molecule has 1 aliphatic rings. The van der Waals surface area contributed by atoms with Gasteiger partial charge in [0.2, 0.25) is 0 Å². The van der Waals surface area contributed by atoms with Gasteiger partial charge in [-0.05, 0) is 24.1 Å². The van der Waals surface area contributed by atoms with Gasteiger partial charge in [0.1, 0.15) is 11.9 Å². The minimum atomic E-state index is 0.245. The Hall–Kier alpha value is -1.18. The summed E-state index contributed by atoms with van der Waals surface area (Å²) < 4.78 is 6.03. The van der Waals surface area contributed by atoms with Crippen LogP contribution in [0.1, 0.15) is 18.9 Å². The zero-order valence-corrected chi connectivity index (χ0v) is 12.1. The molecule has 0 aromatic heterocycles. The molecular formula is C16H14Cl2O. The van der Waals surface area contributed by atoms with Gasteiger partial charge in [-0.15, -0.1) is 0 Å². The normalized spacial score (nSPS) is 17.1. The van der Waals surface area contributed by atoms with Crippen molar-refractivity contribution in [2.45, 2.75) is 25.9 Å². The molecular weight excluding hydrogens is 279 g/mol. The number of ether oxygens (including phenoxy) is 1. The van der Waals surface area contributed by atoms with Gasteiger partial charge in [-0.25, -0.2) is 0 Å². The van der Waals surface area contributed by atoms with Crippen LogP contribution in [0, 0.1) is 0 Å². The Kier molecular flexibility index (Phi) is 3.42. The zero-order chi connectivity index (χ0) is 13.4. The summed E-state index contributed by atoms with van der Waals surface area (Å²) in [5.74, 6) is 0.896. The quantitative estimate of drug-likeness (QED) is 0.723. The number of hydrogen-bond donors (Lipinski definition) is 0. The van der Waals surface area contributed by atoms with Crippen LogP contribution in [-0.2, 0) is 6.42 Å². The summed E-state index contributed by atoms with van der Waals surface area (Å²) in [5.41, 5.74) is 3.06. The number of hydrogen-bond acceptors (Lipinski definition) is 1. The van der Waals surface area contributed by atoms with Gasteiger partial charge in [0.05, 0.1) is 5.02 Å². The molecule has 0 aliphatic carbocycles. The third kappa shape index (κ3) is 2.22. The molecule has 1 atom stereocenters. The average Bonchev–Trinajstić information content (AvgIpc) is 2.83. The first-order valence-corrected chi connectivity index (χ1v) is 7.19. The Balaban J connectivity index is 2.18. The number of halogens is 2. The van der Waals surface area contributed by atoms with E-state index in [9.17, 15) is 0 Å². The van der Waals surface area contributed by atoms with Gasteiger partial charge in [0.25, 0.3) is 0 Å². The van der Waals surface area contributed by atoms with Crippen LogP contribution >= 0.6 is 23.2 Å². The van der Waals surface area contributed by atoms with E-state index in [0.29, 0.717) is 10.0 Å². The molecule has 98 valence electrons. The molecule has 1 heterocycles. The van der Waals surface area contributed by atoms with Crippen molar-refractivity contribution in [3.8, 4) is 16.9 Å². The minimum Gasteiger partial charge on any atom is -0.489 e. The molecule has 1 nitrogen and oxygen atoms in total. The molecule has 0 saturated heterocycles. The van der Waals surface area contributed by atoms with Crippen molar-refractivity contribution in [1.82, 2.24) is 0 Å². The summed E-state index contributed by atoms with van der Waals surface area (Å²) in [5, 5.41) is 1.38. The molecule has 0 amide bonds. The molecule has 2 aromatic carbocycles. The van der Waals surface area contributed by atoms with Crippen molar-refractivity contribution >= 4 is 23.2 Å². The largest absolute Gasteiger partial charge is 0.489 e. The first-order valence-electron chi connectivity index (χ1n) is 6.43. The van der Waals surface area contributed by atoms with E-state index >= 15 is 0 Å². The van der Waals surface area contributed by atoms with Crippen molar-refractivity contribution in [3.63, 3.8) is 0 Å². The van der Waals surface area contributed by atoms with Crippen molar-refractivity contribution in [2.75, 3.05) is 0 Å². The molecule has 0 spiro atoms. The van der Waals surface area contributed by atoms with E-state index in [0.717, 1.165) is 29.7 Å². The van der Waals surface area contributed by atoms with E-state index in [1.54, 1.807) is 0 Å². The molecule has 3 rings (SSSR count). The predicted molar refractivity (Wildman–Crippen MR) is 80.3 cm³/mol. The summed E-state index contributed by atoms with van der Waals surface area (Å²) >= 11 is 12.7. The van der Waals surface area contributed by atoms with Crippen molar-refractivity contribution in [3.05, 3.63) is 52.0 Å². The van der Waals surface area contributed by atoms with E-state index < -0.39 is 0 Å². The third-order valence-electron chi connectivity index (χ3n) is 3.52. The lowest BCUT2D eigenvalue weighted by Crippen LogP contribution is -2.10. The fraction of sp³-hybridized carbons (Fsp3) is 0.250. The fourth-order valence-electron chi connectivity index (χ4n) is 2.49. The Morgan fingerprint density at radius 3 is 2.63 bits per heavy atom. The van der Waals surface area contributed by atoms with E-state index in [-0.39, 0.29) is 6.10 Å². The van der Waals surface area contributed by atoms with E-state index in [1.807, 2.05) is 36.4 Å².